The number of hydrogen-bond acceptors (Lipinski definition) is 2. The summed E-state index contributed by atoms with van der Waals surface area (Å²) in [5.74, 6) is -6.04. The molecule has 0 unspecified atom stereocenters. The van der Waals surface area contributed by atoms with Crippen LogP contribution in [0.1, 0.15) is 18.0 Å². The molecule has 0 spiro atoms. The van der Waals surface area contributed by atoms with Gasteiger partial charge in [-0.2, -0.15) is 13.8 Å². The third-order valence-corrected chi connectivity index (χ3v) is 2.20. The molecule has 1 aromatic heterocycles. The first kappa shape index (κ1) is 9.39. The minimum atomic E-state index is -1.60. The summed E-state index contributed by atoms with van der Waals surface area (Å²) in [4.78, 5) is 2.46. The van der Waals surface area contributed by atoms with Crippen LogP contribution in [-0.2, 0) is 0 Å². The Kier molecular flexibility index (Phi) is 2.14. The fraction of sp³-hybridized carbons (Fsp3) is 0.375. The second-order valence-corrected chi connectivity index (χ2v) is 3.03. The molecule has 6 heteroatoms. The molecule has 0 aliphatic carbocycles. The lowest BCUT2D eigenvalue weighted by atomic mass is 9.98. The monoisotopic (exact) mass is 206 g/mol. The van der Waals surface area contributed by atoms with Crippen molar-refractivity contribution in [3.05, 3.63) is 29.1 Å². The van der Waals surface area contributed by atoms with E-state index in [1.165, 1.54) is 0 Å². The van der Waals surface area contributed by atoms with Crippen molar-refractivity contribution in [2.75, 3.05) is 6.54 Å². The van der Waals surface area contributed by atoms with Crippen LogP contribution in [-0.4, -0.2) is 11.5 Å². The Morgan fingerprint density at radius 2 is 1.57 bits per heavy atom. The lowest BCUT2D eigenvalue weighted by Gasteiger charge is -2.28. The Hall–Kier alpha value is -1.17. The summed E-state index contributed by atoms with van der Waals surface area (Å²) in [5.41, 5.74) is -0.596. The number of hydrogen-bond donors (Lipinski definition) is 1. The van der Waals surface area contributed by atoms with Gasteiger partial charge in [-0.1, -0.05) is 0 Å². The van der Waals surface area contributed by atoms with Gasteiger partial charge in [0.1, 0.15) is 0 Å². The molecule has 1 aliphatic heterocycles. The molecule has 2 rings (SSSR count). The highest BCUT2D eigenvalue weighted by Gasteiger charge is 2.30. The summed E-state index contributed by atoms with van der Waals surface area (Å²) in [6.07, 6.45) is 0.455. The summed E-state index contributed by atoms with van der Waals surface area (Å²) in [6.45, 7) is 0.578. The molecule has 0 radical (unpaired) electrons. The Balaban J connectivity index is 2.54. The van der Waals surface area contributed by atoms with Crippen molar-refractivity contribution in [3.63, 3.8) is 0 Å². The molecule has 0 amide bonds. The van der Waals surface area contributed by atoms with Gasteiger partial charge in [-0.15, -0.1) is 0 Å². The van der Waals surface area contributed by atoms with E-state index in [1.807, 2.05) is 0 Å². The van der Waals surface area contributed by atoms with E-state index < -0.39 is 35.1 Å². The van der Waals surface area contributed by atoms with Crippen molar-refractivity contribution in [1.29, 1.82) is 0 Å². The predicted molar refractivity (Wildman–Crippen MR) is 39.4 cm³/mol. The number of rotatable bonds is 1. The smallest absolute Gasteiger partial charge is 0.252 e. The molecule has 14 heavy (non-hydrogen) atoms. The topological polar surface area (TPSA) is 24.9 Å². The van der Waals surface area contributed by atoms with Crippen LogP contribution < -0.4 is 5.32 Å². The molecular weight excluding hydrogens is 200 g/mol. The van der Waals surface area contributed by atoms with Crippen LogP contribution in [0.3, 0.4) is 0 Å². The lowest BCUT2D eigenvalue weighted by Crippen LogP contribution is -2.36. The summed E-state index contributed by atoms with van der Waals surface area (Å²) < 4.78 is 51.3. The Morgan fingerprint density at radius 3 is 1.93 bits per heavy atom. The van der Waals surface area contributed by atoms with Crippen molar-refractivity contribution in [1.82, 2.24) is 10.3 Å². The highest BCUT2D eigenvalue weighted by atomic mass is 19.2. The van der Waals surface area contributed by atoms with E-state index in [0.29, 0.717) is 13.0 Å². The standard InChI is InChI=1S/C8H6F4N2/c9-5-4(3-1-2-13-3)6(10)8(12)14-7(5)11/h3,13H,1-2H2/t3-/m0/s1. The van der Waals surface area contributed by atoms with Crippen molar-refractivity contribution in [2.24, 2.45) is 0 Å². The molecule has 76 valence electrons. The maximum atomic E-state index is 13.0. The van der Waals surface area contributed by atoms with Crippen LogP contribution in [0.15, 0.2) is 0 Å². The Bertz CT molecular complexity index is 350. The summed E-state index contributed by atoms with van der Waals surface area (Å²) >= 11 is 0. The molecule has 0 aromatic carbocycles. The van der Waals surface area contributed by atoms with Gasteiger partial charge in [-0.25, -0.2) is 8.78 Å². The molecule has 1 aromatic rings. The van der Waals surface area contributed by atoms with Gasteiger partial charge in [0.15, 0.2) is 11.6 Å². The molecule has 2 heterocycles. The van der Waals surface area contributed by atoms with E-state index in [4.69, 9.17) is 0 Å². The van der Waals surface area contributed by atoms with E-state index in [0.717, 1.165) is 0 Å². The third kappa shape index (κ3) is 1.26. The third-order valence-electron chi connectivity index (χ3n) is 2.20. The van der Waals surface area contributed by atoms with Gasteiger partial charge in [0.05, 0.1) is 5.56 Å². The lowest BCUT2D eigenvalue weighted by molar-refractivity contribution is 0.325. The average Bonchev–Trinajstić information content (AvgIpc) is 2.06. The van der Waals surface area contributed by atoms with E-state index >= 15 is 0 Å². The van der Waals surface area contributed by atoms with Gasteiger partial charge < -0.3 is 5.32 Å². The first-order valence-electron chi connectivity index (χ1n) is 4.04. The molecule has 1 atom stereocenters. The predicted octanol–water partition coefficient (Wildman–Crippen LogP) is 1.67. The van der Waals surface area contributed by atoms with Gasteiger partial charge in [0.2, 0.25) is 0 Å². The normalized spacial score (nSPS) is 20.7. The second-order valence-electron chi connectivity index (χ2n) is 3.03. The fourth-order valence-electron chi connectivity index (χ4n) is 1.34. The number of aromatic nitrogens is 1. The molecule has 2 nitrogen and oxygen atoms in total. The molecular formula is C8H6F4N2. The summed E-state index contributed by atoms with van der Waals surface area (Å²) in [5, 5.41) is 2.66. The van der Waals surface area contributed by atoms with Crippen LogP contribution in [0.2, 0.25) is 0 Å². The minimum absolute atomic E-state index is 0.455. The zero-order chi connectivity index (χ0) is 10.3. The van der Waals surface area contributed by atoms with Crippen LogP contribution in [0, 0.1) is 23.5 Å². The SMILES string of the molecule is Fc1nc(F)c(F)c([C@@H]2CCN2)c1F. The van der Waals surface area contributed by atoms with Gasteiger partial charge in [-0.3, -0.25) is 0 Å². The minimum Gasteiger partial charge on any atom is -0.310 e. The van der Waals surface area contributed by atoms with E-state index in [1.54, 1.807) is 0 Å². The summed E-state index contributed by atoms with van der Waals surface area (Å²) in [6, 6.07) is -0.651. The first-order valence-corrected chi connectivity index (χ1v) is 4.04. The van der Waals surface area contributed by atoms with Crippen molar-refractivity contribution in [3.8, 4) is 0 Å². The van der Waals surface area contributed by atoms with Gasteiger partial charge in [0, 0.05) is 6.04 Å². The number of halogens is 4. The molecule has 1 fully saturated rings. The highest BCUT2D eigenvalue weighted by Crippen LogP contribution is 2.29. The van der Waals surface area contributed by atoms with Crippen molar-refractivity contribution < 1.29 is 17.6 Å². The number of pyridine rings is 1. The zero-order valence-corrected chi connectivity index (χ0v) is 6.95. The maximum absolute atomic E-state index is 13.0. The molecule has 0 saturated carbocycles. The Labute approximate surface area is 77.0 Å². The first-order chi connectivity index (χ1) is 6.61. The van der Waals surface area contributed by atoms with Gasteiger partial charge in [-0.05, 0) is 13.0 Å². The number of nitrogens with zero attached hydrogens (tertiary/aromatic N) is 1. The largest absolute Gasteiger partial charge is 0.310 e. The maximum Gasteiger partial charge on any atom is 0.252 e. The molecule has 1 saturated heterocycles. The van der Waals surface area contributed by atoms with E-state index in [-0.39, 0.29) is 0 Å². The fourth-order valence-corrected chi connectivity index (χ4v) is 1.34. The van der Waals surface area contributed by atoms with E-state index in [2.05, 4.69) is 10.3 Å². The zero-order valence-electron chi connectivity index (χ0n) is 6.95. The molecule has 0 bridgehead atoms. The van der Waals surface area contributed by atoms with Gasteiger partial charge in [0.25, 0.3) is 11.9 Å². The van der Waals surface area contributed by atoms with Crippen molar-refractivity contribution in [2.45, 2.75) is 12.5 Å². The average molecular weight is 206 g/mol. The summed E-state index contributed by atoms with van der Waals surface area (Å²) in [7, 11) is 0. The molecule has 1 aliphatic rings. The molecule has 1 N–H and O–H groups in total. The van der Waals surface area contributed by atoms with Crippen LogP contribution in [0.4, 0.5) is 17.6 Å². The number of nitrogens with one attached hydrogen (secondary N) is 1. The Morgan fingerprint density at radius 1 is 1.07 bits per heavy atom. The van der Waals surface area contributed by atoms with Gasteiger partial charge >= 0.3 is 0 Å². The van der Waals surface area contributed by atoms with Crippen LogP contribution in [0.5, 0.6) is 0 Å². The second kappa shape index (κ2) is 3.20. The van der Waals surface area contributed by atoms with E-state index in [9.17, 15) is 17.6 Å². The van der Waals surface area contributed by atoms with Crippen molar-refractivity contribution >= 4 is 0 Å². The quantitative estimate of drug-likeness (QED) is 0.558. The van der Waals surface area contributed by atoms with Crippen LogP contribution in [0.25, 0.3) is 0 Å². The highest BCUT2D eigenvalue weighted by molar-refractivity contribution is 5.23. The van der Waals surface area contributed by atoms with Crippen LogP contribution >= 0.6 is 0 Å².